The van der Waals surface area contributed by atoms with Crippen LogP contribution >= 0.6 is 0 Å². The minimum Gasteiger partial charge on any atom is -0.461 e. The van der Waals surface area contributed by atoms with Gasteiger partial charge in [-0.15, -0.1) is 0 Å². The number of hydrogen-bond donors (Lipinski definition) is 2. The van der Waals surface area contributed by atoms with E-state index >= 15 is 0 Å². The third-order valence-electron chi connectivity index (χ3n) is 3.43. The van der Waals surface area contributed by atoms with Crippen molar-refractivity contribution < 1.29 is 9.52 Å². The summed E-state index contributed by atoms with van der Waals surface area (Å²) < 4.78 is 5.73. The van der Waals surface area contributed by atoms with Crippen LogP contribution in [0.5, 0.6) is 0 Å². The van der Waals surface area contributed by atoms with Crippen LogP contribution in [0.2, 0.25) is 0 Å². The average molecular weight is 275 g/mol. The molecule has 0 fully saturated rings. The first-order chi connectivity index (χ1) is 9.37. The van der Waals surface area contributed by atoms with E-state index in [1.54, 1.807) is 0 Å². The van der Waals surface area contributed by atoms with Crippen molar-refractivity contribution in [1.82, 2.24) is 5.32 Å². The minimum atomic E-state index is -0.312. The zero-order valence-corrected chi connectivity index (χ0v) is 12.9. The Morgan fingerprint density at radius 3 is 2.65 bits per heavy atom. The van der Waals surface area contributed by atoms with Crippen LogP contribution in [0.15, 0.2) is 28.7 Å². The highest BCUT2D eigenvalue weighted by atomic mass is 16.3. The topological polar surface area (TPSA) is 45.4 Å². The van der Waals surface area contributed by atoms with Gasteiger partial charge in [0.05, 0.1) is 6.10 Å². The SMILES string of the molecule is Cc1oc2ccccc2c1CNCC(O)CC(C)(C)C. The maximum atomic E-state index is 10.0. The molecule has 1 aromatic heterocycles. The Morgan fingerprint density at radius 2 is 1.95 bits per heavy atom. The lowest BCUT2D eigenvalue weighted by Crippen LogP contribution is -2.29. The Bertz CT molecular complexity index is 566. The van der Waals surface area contributed by atoms with Crippen LogP contribution in [-0.4, -0.2) is 17.8 Å². The Morgan fingerprint density at radius 1 is 1.25 bits per heavy atom. The molecule has 2 aromatic rings. The number of aliphatic hydroxyl groups excluding tert-OH is 1. The first kappa shape index (κ1) is 15.1. The quantitative estimate of drug-likeness (QED) is 0.876. The van der Waals surface area contributed by atoms with E-state index in [0.29, 0.717) is 6.54 Å². The minimum absolute atomic E-state index is 0.152. The molecule has 2 N–H and O–H groups in total. The van der Waals surface area contributed by atoms with Crippen LogP contribution in [0, 0.1) is 12.3 Å². The van der Waals surface area contributed by atoms with Gasteiger partial charge in [0.2, 0.25) is 0 Å². The van der Waals surface area contributed by atoms with E-state index in [-0.39, 0.29) is 11.5 Å². The molecule has 0 saturated heterocycles. The van der Waals surface area contributed by atoms with Crippen molar-refractivity contribution in [3.05, 3.63) is 35.6 Å². The van der Waals surface area contributed by atoms with Crippen molar-refractivity contribution >= 4 is 11.0 Å². The predicted molar refractivity (Wildman–Crippen MR) is 82.7 cm³/mol. The highest BCUT2D eigenvalue weighted by Crippen LogP contribution is 2.25. The van der Waals surface area contributed by atoms with Crippen molar-refractivity contribution in [3.63, 3.8) is 0 Å². The monoisotopic (exact) mass is 275 g/mol. The molecule has 2 rings (SSSR count). The number of aryl methyl sites for hydroxylation is 1. The van der Waals surface area contributed by atoms with Gasteiger partial charge < -0.3 is 14.8 Å². The van der Waals surface area contributed by atoms with Crippen LogP contribution < -0.4 is 5.32 Å². The molecule has 1 atom stereocenters. The van der Waals surface area contributed by atoms with Gasteiger partial charge >= 0.3 is 0 Å². The van der Waals surface area contributed by atoms with Crippen molar-refractivity contribution in [2.24, 2.45) is 5.41 Å². The van der Waals surface area contributed by atoms with Crippen LogP contribution in [0.4, 0.5) is 0 Å². The average Bonchev–Trinajstić information content (AvgIpc) is 2.64. The lowest BCUT2D eigenvalue weighted by atomic mass is 9.89. The highest BCUT2D eigenvalue weighted by Gasteiger charge is 2.17. The number of furan rings is 1. The molecular weight excluding hydrogens is 250 g/mol. The second-order valence-corrected chi connectivity index (χ2v) is 6.68. The zero-order chi connectivity index (χ0) is 14.8. The number of fused-ring (bicyclic) bond motifs is 1. The van der Waals surface area contributed by atoms with Crippen LogP contribution in [0.3, 0.4) is 0 Å². The summed E-state index contributed by atoms with van der Waals surface area (Å²) in [5.41, 5.74) is 2.26. The number of benzene rings is 1. The van der Waals surface area contributed by atoms with Gasteiger partial charge in [-0.3, -0.25) is 0 Å². The van der Waals surface area contributed by atoms with Crippen molar-refractivity contribution in [2.75, 3.05) is 6.54 Å². The Balaban J connectivity index is 1.95. The molecule has 0 bridgehead atoms. The second kappa shape index (κ2) is 5.98. The highest BCUT2D eigenvalue weighted by molar-refractivity contribution is 5.82. The van der Waals surface area contributed by atoms with E-state index in [0.717, 1.165) is 29.7 Å². The standard InChI is InChI=1S/C17H25NO2/c1-12-15(14-7-5-6-8-16(14)20-12)11-18-10-13(19)9-17(2,3)4/h5-8,13,18-19H,9-11H2,1-4H3. The molecule has 0 aliphatic rings. The summed E-state index contributed by atoms with van der Waals surface area (Å²) in [5.74, 6) is 0.948. The smallest absolute Gasteiger partial charge is 0.134 e. The fourth-order valence-electron chi connectivity index (χ4n) is 2.58. The summed E-state index contributed by atoms with van der Waals surface area (Å²) in [7, 11) is 0. The lowest BCUT2D eigenvalue weighted by Gasteiger charge is -2.22. The molecule has 20 heavy (non-hydrogen) atoms. The van der Waals surface area contributed by atoms with E-state index in [1.165, 1.54) is 5.56 Å². The first-order valence-electron chi connectivity index (χ1n) is 7.22. The van der Waals surface area contributed by atoms with Crippen molar-refractivity contribution in [1.29, 1.82) is 0 Å². The third-order valence-corrected chi connectivity index (χ3v) is 3.43. The number of nitrogens with one attached hydrogen (secondary N) is 1. The number of para-hydroxylation sites is 1. The normalized spacial score (nSPS) is 13.8. The fraction of sp³-hybridized carbons (Fsp3) is 0.529. The van der Waals surface area contributed by atoms with Crippen molar-refractivity contribution in [2.45, 2.75) is 46.8 Å². The van der Waals surface area contributed by atoms with Gasteiger partial charge in [0.25, 0.3) is 0 Å². The second-order valence-electron chi connectivity index (χ2n) is 6.68. The molecule has 1 heterocycles. The van der Waals surface area contributed by atoms with Crippen molar-refractivity contribution in [3.8, 4) is 0 Å². The van der Waals surface area contributed by atoms with E-state index in [9.17, 15) is 5.11 Å². The Kier molecular flexibility index (Phi) is 4.51. The molecule has 0 aliphatic carbocycles. The number of rotatable bonds is 5. The molecule has 3 nitrogen and oxygen atoms in total. The van der Waals surface area contributed by atoms with Gasteiger partial charge in [0.15, 0.2) is 0 Å². The maximum absolute atomic E-state index is 10.0. The molecule has 0 amide bonds. The van der Waals surface area contributed by atoms with Gasteiger partial charge in [0, 0.05) is 24.0 Å². The maximum Gasteiger partial charge on any atom is 0.134 e. The number of aliphatic hydroxyl groups is 1. The van der Waals surface area contributed by atoms with Gasteiger partial charge in [0.1, 0.15) is 11.3 Å². The summed E-state index contributed by atoms with van der Waals surface area (Å²) in [6.45, 7) is 9.75. The Hall–Kier alpha value is -1.32. The molecule has 1 aromatic carbocycles. The zero-order valence-electron chi connectivity index (χ0n) is 12.9. The molecule has 1 unspecified atom stereocenters. The van der Waals surface area contributed by atoms with Gasteiger partial charge in [-0.1, -0.05) is 39.0 Å². The van der Waals surface area contributed by atoms with Gasteiger partial charge in [-0.05, 0) is 24.8 Å². The predicted octanol–water partition coefficient (Wildman–Crippen LogP) is 3.63. The number of hydrogen-bond acceptors (Lipinski definition) is 3. The summed E-state index contributed by atoms with van der Waals surface area (Å²) in [5, 5.41) is 14.5. The van der Waals surface area contributed by atoms with E-state index < -0.39 is 0 Å². The molecule has 110 valence electrons. The third kappa shape index (κ3) is 3.84. The summed E-state index contributed by atoms with van der Waals surface area (Å²) >= 11 is 0. The lowest BCUT2D eigenvalue weighted by molar-refractivity contribution is 0.119. The van der Waals surface area contributed by atoms with Gasteiger partial charge in [-0.2, -0.15) is 0 Å². The van der Waals surface area contributed by atoms with Crippen LogP contribution in [0.25, 0.3) is 11.0 Å². The fourth-order valence-corrected chi connectivity index (χ4v) is 2.58. The van der Waals surface area contributed by atoms with E-state index in [2.05, 4.69) is 32.2 Å². The molecule has 0 radical (unpaired) electrons. The molecular formula is C17H25NO2. The summed E-state index contributed by atoms with van der Waals surface area (Å²) in [6, 6.07) is 8.07. The molecule has 0 aliphatic heterocycles. The molecule has 0 spiro atoms. The Labute approximate surface area is 121 Å². The van der Waals surface area contributed by atoms with Crippen LogP contribution in [0.1, 0.15) is 38.5 Å². The van der Waals surface area contributed by atoms with E-state index in [4.69, 9.17) is 4.42 Å². The summed E-state index contributed by atoms with van der Waals surface area (Å²) in [4.78, 5) is 0. The van der Waals surface area contributed by atoms with Crippen LogP contribution in [-0.2, 0) is 6.54 Å². The largest absolute Gasteiger partial charge is 0.461 e. The van der Waals surface area contributed by atoms with Gasteiger partial charge in [-0.25, -0.2) is 0 Å². The molecule has 3 heteroatoms. The van der Waals surface area contributed by atoms with E-state index in [1.807, 2.05) is 25.1 Å². The summed E-state index contributed by atoms with van der Waals surface area (Å²) in [6.07, 6.45) is 0.485. The molecule has 0 saturated carbocycles. The first-order valence-corrected chi connectivity index (χ1v) is 7.22.